The molecule has 1 aromatic heterocycles. The topological polar surface area (TPSA) is 61.7 Å². The van der Waals surface area contributed by atoms with Gasteiger partial charge in [-0.25, -0.2) is 0 Å². The summed E-state index contributed by atoms with van der Waals surface area (Å²) in [4.78, 5) is 31.1. The highest BCUT2D eigenvalue weighted by molar-refractivity contribution is 5.89. The van der Waals surface area contributed by atoms with Crippen LogP contribution in [-0.2, 0) is 16.1 Å². The molecule has 2 fully saturated rings. The first-order valence-electron chi connectivity index (χ1n) is 8.13. The van der Waals surface area contributed by atoms with Crippen LogP contribution in [-0.4, -0.2) is 81.6 Å². The Morgan fingerprint density at radius 1 is 1.39 bits per heavy atom. The number of fused-ring (bicyclic) bond motifs is 1. The number of likely N-dealkylation sites (N-methyl/N-ethyl adjacent to an activating group) is 1. The normalized spacial score (nSPS) is 27.7. The summed E-state index contributed by atoms with van der Waals surface area (Å²) < 4.78 is 1.64. The average molecular weight is 319 g/mol. The molecule has 0 saturated carbocycles. The molecule has 23 heavy (non-hydrogen) atoms. The van der Waals surface area contributed by atoms with Gasteiger partial charge in [0.25, 0.3) is 0 Å². The van der Waals surface area contributed by atoms with E-state index in [1.807, 2.05) is 38.9 Å². The summed E-state index contributed by atoms with van der Waals surface area (Å²) in [5.74, 6) is 0.0255. The standard InChI is InChI=1S/C16H25N5O2/c1-11-5-6-19(17-11)10-15(22)20-9-14-7-13(18(3)4)8-21(14)16(23)12(20)2/h5-6,12-14H,7-10H2,1-4H3/t12-,13-,14-/m0/s1. The van der Waals surface area contributed by atoms with Crippen LogP contribution in [0.3, 0.4) is 0 Å². The molecule has 0 unspecified atom stereocenters. The molecule has 126 valence electrons. The predicted octanol–water partition coefficient (Wildman–Crippen LogP) is -0.0467. The summed E-state index contributed by atoms with van der Waals surface area (Å²) in [6, 6.07) is 1.99. The molecule has 0 aliphatic carbocycles. The Labute approximate surface area is 136 Å². The van der Waals surface area contributed by atoms with Crippen LogP contribution < -0.4 is 0 Å². The predicted molar refractivity (Wildman–Crippen MR) is 85.7 cm³/mol. The lowest BCUT2D eigenvalue weighted by Gasteiger charge is -2.41. The van der Waals surface area contributed by atoms with Gasteiger partial charge in [0.15, 0.2) is 0 Å². The number of hydrogen-bond acceptors (Lipinski definition) is 4. The second-order valence-electron chi connectivity index (χ2n) is 6.87. The maximum atomic E-state index is 12.6. The largest absolute Gasteiger partial charge is 0.335 e. The summed E-state index contributed by atoms with van der Waals surface area (Å²) >= 11 is 0. The lowest BCUT2D eigenvalue weighted by molar-refractivity contribution is -0.153. The third kappa shape index (κ3) is 2.97. The van der Waals surface area contributed by atoms with E-state index in [0.717, 1.165) is 18.7 Å². The maximum Gasteiger partial charge on any atom is 0.245 e. The molecule has 0 spiro atoms. The Morgan fingerprint density at radius 3 is 2.74 bits per heavy atom. The lowest BCUT2D eigenvalue weighted by atomic mass is 10.1. The van der Waals surface area contributed by atoms with Gasteiger partial charge in [0.05, 0.1) is 11.7 Å². The zero-order valence-corrected chi connectivity index (χ0v) is 14.3. The molecule has 1 aromatic rings. The van der Waals surface area contributed by atoms with E-state index in [4.69, 9.17) is 0 Å². The van der Waals surface area contributed by atoms with Gasteiger partial charge < -0.3 is 14.7 Å². The zero-order valence-electron chi connectivity index (χ0n) is 14.3. The molecule has 2 aliphatic heterocycles. The van der Waals surface area contributed by atoms with Crippen molar-refractivity contribution in [1.29, 1.82) is 0 Å². The fourth-order valence-electron chi connectivity index (χ4n) is 3.57. The molecule has 3 atom stereocenters. The fraction of sp³-hybridized carbons (Fsp3) is 0.688. The smallest absolute Gasteiger partial charge is 0.245 e. The summed E-state index contributed by atoms with van der Waals surface area (Å²) in [7, 11) is 4.08. The van der Waals surface area contributed by atoms with Gasteiger partial charge >= 0.3 is 0 Å². The molecule has 2 saturated heterocycles. The number of aromatic nitrogens is 2. The molecule has 0 bridgehead atoms. The first-order chi connectivity index (χ1) is 10.9. The molecular weight excluding hydrogens is 294 g/mol. The molecule has 0 radical (unpaired) electrons. The summed E-state index contributed by atoms with van der Waals surface area (Å²) in [6.07, 6.45) is 2.73. The van der Waals surface area contributed by atoms with Crippen molar-refractivity contribution in [2.75, 3.05) is 27.2 Å². The quantitative estimate of drug-likeness (QED) is 0.784. The Hall–Kier alpha value is -1.89. The first kappa shape index (κ1) is 16.0. The summed E-state index contributed by atoms with van der Waals surface area (Å²) in [5, 5.41) is 4.26. The van der Waals surface area contributed by atoms with Crippen LogP contribution >= 0.6 is 0 Å². The highest BCUT2D eigenvalue weighted by atomic mass is 16.2. The summed E-state index contributed by atoms with van der Waals surface area (Å²) in [6.45, 7) is 5.30. The average Bonchev–Trinajstić information content (AvgIpc) is 3.09. The van der Waals surface area contributed by atoms with Crippen LogP contribution in [0.2, 0.25) is 0 Å². The molecule has 2 aliphatic rings. The minimum Gasteiger partial charge on any atom is -0.335 e. The lowest BCUT2D eigenvalue weighted by Crippen LogP contribution is -2.60. The fourth-order valence-corrected chi connectivity index (χ4v) is 3.57. The zero-order chi connectivity index (χ0) is 16.7. The van der Waals surface area contributed by atoms with Crippen LogP contribution in [0.15, 0.2) is 12.3 Å². The van der Waals surface area contributed by atoms with Gasteiger partial charge in [-0.1, -0.05) is 0 Å². The van der Waals surface area contributed by atoms with Gasteiger partial charge in [-0.15, -0.1) is 0 Å². The number of aryl methyl sites for hydroxylation is 1. The van der Waals surface area contributed by atoms with Crippen molar-refractivity contribution in [3.8, 4) is 0 Å². The number of rotatable bonds is 3. The second-order valence-corrected chi connectivity index (χ2v) is 6.87. The number of piperazine rings is 1. The van der Waals surface area contributed by atoms with E-state index in [9.17, 15) is 9.59 Å². The van der Waals surface area contributed by atoms with Crippen molar-refractivity contribution in [2.24, 2.45) is 0 Å². The minimum atomic E-state index is -0.392. The van der Waals surface area contributed by atoms with E-state index in [0.29, 0.717) is 12.6 Å². The second kappa shape index (κ2) is 5.96. The van der Waals surface area contributed by atoms with Gasteiger partial charge in [-0.05, 0) is 40.4 Å². The van der Waals surface area contributed by atoms with Crippen LogP contribution in [0.25, 0.3) is 0 Å². The molecule has 3 rings (SSSR count). The van der Waals surface area contributed by atoms with Gasteiger partial charge in [-0.3, -0.25) is 14.3 Å². The van der Waals surface area contributed by atoms with Crippen molar-refractivity contribution in [1.82, 2.24) is 24.5 Å². The Bertz CT molecular complexity index is 611. The van der Waals surface area contributed by atoms with E-state index < -0.39 is 6.04 Å². The van der Waals surface area contributed by atoms with E-state index in [-0.39, 0.29) is 24.4 Å². The molecular formula is C16H25N5O2. The van der Waals surface area contributed by atoms with E-state index in [1.165, 1.54) is 0 Å². The van der Waals surface area contributed by atoms with Crippen molar-refractivity contribution in [3.05, 3.63) is 18.0 Å². The van der Waals surface area contributed by atoms with E-state index in [2.05, 4.69) is 10.00 Å². The molecule has 7 heteroatoms. The number of amides is 2. The first-order valence-corrected chi connectivity index (χ1v) is 8.13. The third-order valence-corrected chi connectivity index (χ3v) is 5.03. The van der Waals surface area contributed by atoms with Crippen LogP contribution in [0.5, 0.6) is 0 Å². The number of hydrogen-bond donors (Lipinski definition) is 0. The van der Waals surface area contributed by atoms with Gasteiger partial charge in [-0.2, -0.15) is 5.10 Å². The molecule has 2 amide bonds. The summed E-state index contributed by atoms with van der Waals surface area (Å²) in [5.41, 5.74) is 0.886. The van der Waals surface area contributed by atoms with Crippen LogP contribution in [0, 0.1) is 6.92 Å². The Kier molecular flexibility index (Phi) is 4.14. The SMILES string of the molecule is Cc1ccn(CC(=O)N2C[C@@H]3C[C@H](N(C)C)CN3C(=O)[C@@H]2C)n1. The van der Waals surface area contributed by atoms with E-state index >= 15 is 0 Å². The van der Waals surface area contributed by atoms with Crippen molar-refractivity contribution in [2.45, 2.75) is 44.9 Å². The number of carbonyl (C=O) groups excluding carboxylic acids is 2. The van der Waals surface area contributed by atoms with E-state index in [1.54, 1.807) is 15.8 Å². The number of nitrogens with zero attached hydrogens (tertiary/aromatic N) is 5. The van der Waals surface area contributed by atoms with Crippen LogP contribution in [0.4, 0.5) is 0 Å². The number of carbonyl (C=O) groups is 2. The van der Waals surface area contributed by atoms with Crippen molar-refractivity contribution < 1.29 is 9.59 Å². The highest BCUT2D eigenvalue weighted by Gasteiger charge is 2.45. The monoisotopic (exact) mass is 319 g/mol. The maximum absolute atomic E-state index is 12.6. The Balaban J connectivity index is 1.71. The minimum absolute atomic E-state index is 0.0399. The van der Waals surface area contributed by atoms with Crippen molar-refractivity contribution >= 4 is 11.8 Å². The van der Waals surface area contributed by atoms with Gasteiger partial charge in [0.2, 0.25) is 11.8 Å². The molecule has 3 heterocycles. The van der Waals surface area contributed by atoms with Gasteiger partial charge in [0, 0.05) is 25.3 Å². The Morgan fingerprint density at radius 2 is 2.13 bits per heavy atom. The molecule has 0 aromatic carbocycles. The van der Waals surface area contributed by atoms with Crippen LogP contribution in [0.1, 0.15) is 19.0 Å². The molecule has 7 nitrogen and oxygen atoms in total. The highest BCUT2D eigenvalue weighted by Crippen LogP contribution is 2.28. The third-order valence-electron chi connectivity index (χ3n) is 5.03. The van der Waals surface area contributed by atoms with Gasteiger partial charge in [0.1, 0.15) is 12.6 Å². The van der Waals surface area contributed by atoms with Crippen molar-refractivity contribution in [3.63, 3.8) is 0 Å². The molecule has 0 N–H and O–H groups in total.